The van der Waals surface area contributed by atoms with Gasteiger partial charge in [-0.1, -0.05) is 37.3 Å². The molecule has 0 aliphatic carbocycles. The van der Waals surface area contributed by atoms with Gasteiger partial charge in [-0.15, -0.1) is 0 Å². The lowest BCUT2D eigenvalue weighted by molar-refractivity contribution is -0.125. The van der Waals surface area contributed by atoms with Crippen molar-refractivity contribution in [3.63, 3.8) is 0 Å². The lowest BCUT2D eigenvalue weighted by Gasteiger charge is -2.27. The molecule has 0 saturated heterocycles. The molecule has 19 heavy (non-hydrogen) atoms. The molecular formula is C16H20O3. The summed E-state index contributed by atoms with van der Waals surface area (Å²) < 4.78 is 11.2. The largest absolute Gasteiger partial charge is 0.469 e. The van der Waals surface area contributed by atoms with Crippen molar-refractivity contribution in [2.45, 2.75) is 39.4 Å². The highest BCUT2D eigenvalue weighted by Crippen LogP contribution is 2.28. The fourth-order valence-electron chi connectivity index (χ4n) is 2.29. The van der Waals surface area contributed by atoms with E-state index in [1.54, 1.807) is 0 Å². The molecule has 1 unspecified atom stereocenters. The van der Waals surface area contributed by atoms with Gasteiger partial charge in [0, 0.05) is 30.6 Å². The molecule has 0 bridgehead atoms. The monoisotopic (exact) mass is 260 g/mol. The number of Topliss-reactive ketones (excluding diaryl/α,β-unsaturated/α-hetero) is 1. The van der Waals surface area contributed by atoms with Crippen LogP contribution in [-0.2, 0) is 9.47 Å². The van der Waals surface area contributed by atoms with Crippen molar-refractivity contribution < 1.29 is 14.3 Å². The van der Waals surface area contributed by atoms with Crippen LogP contribution in [0.15, 0.2) is 41.7 Å². The lowest BCUT2D eigenvalue weighted by atomic mass is 9.95. The molecule has 0 saturated carbocycles. The molecule has 1 aromatic carbocycles. The summed E-state index contributed by atoms with van der Waals surface area (Å²) in [6.07, 6.45) is 1.98. The number of carbonyl (C=O) groups is 1. The second-order valence-electron chi connectivity index (χ2n) is 4.49. The first-order valence-electron chi connectivity index (χ1n) is 6.86. The predicted molar refractivity (Wildman–Crippen MR) is 73.8 cm³/mol. The quantitative estimate of drug-likeness (QED) is 0.757. The molecule has 3 heteroatoms. The maximum Gasteiger partial charge on any atom is 0.199 e. The Morgan fingerprint density at radius 3 is 2.68 bits per heavy atom. The zero-order valence-corrected chi connectivity index (χ0v) is 11.5. The van der Waals surface area contributed by atoms with E-state index in [0.717, 1.165) is 36.2 Å². The van der Waals surface area contributed by atoms with Crippen LogP contribution in [0, 0.1) is 0 Å². The van der Waals surface area contributed by atoms with Gasteiger partial charge in [-0.05, 0) is 13.3 Å². The van der Waals surface area contributed by atoms with Gasteiger partial charge in [0.15, 0.2) is 12.1 Å². The normalized spacial score (nSPS) is 19.2. The van der Waals surface area contributed by atoms with E-state index in [4.69, 9.17) is 9.47 Å². The number of ketones is 1. The van der Waals surface area contributed by atoms with Crippen LogP contribution in [0.1, 0.15) is 43.5 Å². The van der Waals surface area contributed by atoms with Crippen LogP contribution >= 0.6 is 0 Å². The zero-order chi connectivity index (χ0) is 13.7. The molecule has 1 atom stereocenters. The highest BCUT2D eigenvalue weighted by atomic mass is 16.7. The summed E-state index contributed by atoms with van der Waals surface area (Å²) in [5.74, 6) is 0.853. The summed E-state index contributed by atoms with van der Waals surface area (Å²) in [5.41, 5.74) is 1.52. The van der Waals surface area contributed by atoms with Crippen molar-refractivity contribution in [1.29, 1.82) is 0 Å². The summed E-state index contributed by atoms with van der Waals surface area (Å²) in [6, 6.07) is 9.36. The first kappa shape index (κ1) is 13.8. The van der Waals surface area contributed by atoms with Crippen LogP contribution in [-0.4, -0.2) is 18.7 Å². The van der Waals surface area contributed by atoms with Crippen LogP contribution in [0.2, 0.25) is 0 Å². The minimum atomic E-state index is -0.202. The van der Waals surface area contributed by atoms with E-state index < -0.39 is 0 Å². The van der Waals surface area contributed by atoms with Crippen LogP contribution in [0.3, 0.4) is 0 Å². The van der Waals surface area contributed by atoms with Gasteiger partial charge in [-0.2, -0.15) is 0 Å². The lowest BCUT2D eigenvalue weighted by Crippen LogP contribution is -2.24. The number of carbonyl (C=O) groups excluding carboxylic acids is 1. The Labute approximate surface area is 114 Å². The minimum Gasteiger partial charge on any atom is -0.469 e. The van der Waals surface area contributed by atoms with Crippen molar-refractivity contribution >= 4 is 5.78 Å². The number of allylic oxidation sites excluding steroid dienone is 2. The number of ether oxygens (including phenoxy) is 2. The van der Waals surface area contributed by atoms with E-state index >= 15 is 0 Å². The molecule has 0 amide bonds. The Balaban J connectivity index is 2.20. The molecule has 1 heterocycles. The molecule has 1 aliphatic heterocycles. The van der Waals surface area contributed by atoms with E-state index in [1.807, 2.05) is 44.2 Å². The van der Waals surface area contributed by atoms with Crippen molar-refractivity contribution in [2.24, 2.45) is 0 Å². The predicted octanol–water partition coefficient (Wildman–Crippen LogP) is 3.71. The Kier molecular flexibility index (Phi) is 4.74. The third-order valence-electron chi connectivity index (χ3n) is 3.22. The summed E-state index contributed by atoms with van der Waals surface area (Å²) in [7, 11) is 0. The highest BCUT2D eigenvalue weighted by Gasteiger charge is 2.26. The van der Waals surface area contributed by atoms with Gasteiger partial charge in [0.1, 0.15) is 5.76 Å². The van der Waals surface area contributed by atoms with E-state index in [2.05, 4.69) is 0 Å². The number of rotatable bonds is 5. The number of hydrogen-bond donors (Lipinski definition) is 0. The fourth-order valence-corrected chi connectivity index (χ4v) is 2.29. The molecular weight excluding hydrogens is 240 g/mol. The average molecular weight is 260 g/mol. The van der Waals surface area contributed by atoms with E-state index in [0.29, 0.717) is 6.61 Å². The Hall–Kier alpha value is -1.61. The smallest absolute Gasteiger partial charge is 0.199 e. The second kappa shape index (κ2) is 6.53. The van der Waals surface area contributed by atoms with Crippen LogP contribution in [0.4, 0.5) is 0 Å². The number of hydrogen-bond acceptors (Lipinski definition) is 3. The third kappa shape index (κ3) is 3.24. The molecule has 0 aromatic heterocycles. The Morgan fingerprint density at radius 1 is 1.32 bits per heavy atom. The summed E-state index contributed by atoms with van der Waals surface area (Å²) in [5, 5.41) is 0. The van der Waals surface area contributed by atoms with Crippen LogP contribution < -0.4 is 0 Å². The highest BCUT2D eigenvalue weighted by molar-refractivity contribution is 6.09. The van der Waals surface area contributed by atoms with Gasteiger partial charge in [0.25, 0.3) is 0 Å². The Morgan fingerprint density at radius 2 is 2.05 bits per heavy atom. The topological polar surface area (TPSA) is 35.5 Å². The summed E-state index contributed by atoms with van der Waals surface area (Å²) >= 11 is 0. The molecule has 0 fully saturated rings. The summed E-state index contributed by atoms with van der Waals surface area (Å²) in [6.45, 7) is 4.58. The average Bonchev–Trinajstić information content (AvgIpc) is 2.47. The van der Waals surface area contributed by atoms with Gasteiger partial charge in [-0.25, -0.2) is 0 Å². The van der Waals surface area contributed by atoms with E-state index in [9.17, 15) is 4.79 Å². The van der Waals surface area contributed by atoms with Gasteiger partial charge in [-0.3, -0.25) is 4.79 Å². The molecule has 0 spiro atoms. The van der Waals surface area contributed by atoms with Crippen LogP contribution in [0.25, 0.3) is 0 Å². The van der Waals surface area contributed by atoms with Gasteiger partial charge >= 0.3 is 0 Å². The number of benzene rings is 1. The first-order chi connectivity index (χ1) is 9.26. The van der Waals surface area contributed by atoms with Crippen molar-refractivity contribution in [3.8, 4) is 0 Å². The molecule has 1 aromatic rings. The third-order valence-corrected chi connectivity index (χ3v) is 3.22. The maximum atomic E-state index is 12.5. The van der Waals surface area contributed by atoms with Crippen molar-refractivity contribution in [3.05, 3.63) is 47.2 Å². The fraction of sp³-hybridized carbons (Fsp3) is 0.438. The van der Waals surface area contributed by atoms with Crippen molar-refractivity contribution in [1.82, 2.24) is 0 Å². The van der Waals surface area contributed by atoms with Crippen LogP contribution in [0.5, 0.6) is 0 Å². The standard InChI is InChI=1S/C16H20O3/c1-3-14-13(10-11-15(19-14)18-4-2)16(17)12-8-6-5-7-9-12/h5-9,15H,3-4,10-11H2,1-2H3. The zero-order valence-electron chi connectivity index (χ0n) is 11.5. The molecule has 0 N–H and O–H groups in total. The maximum absolute atomic E-state index is 12.5. The SMILES string of the molecule is CCOC1CCC(C(=O)c2ccccc2)=C(CC)O1. The van der Waals surface area contributed by atoms with Gasteiger partial charge in [0.2, 0.25) is 0 Å². The van der Waals surface area contributed by atoms with Crippen molar-refractivity contribution in [2.75, 3.05) is 6.61 Å². The second-order valence-corrected chi connectivity index (χ2v) is 4.49. The molecule has 1 aliphatic rings. The molecule has 102 valence electrons. The van der Waals surface area contributed by atoms with Gasteiger partial charge < -0.3 is 9.47 Å². The Bertz CT molecular complexity index is 462. The molecule has 2 rings (SSSR count). The minimum absolute atomic E-state index is 0.0763. The van der Waals surface area contributed by atoms with Gasteiger partial charge in [0.05, 0.1) is 0 Å². The van der Waals surface area contributed by atoms with E-state index in [1.165, 1.54) is 0 Å². The van der Waals surface area contributed by atoms with E-state index in [-0.39, 0.29) is 12.1 Å². The first-order valence-corrected chi connectivity index (χ1v) is 6.86. The molecule has 3 nitrogen and oxygen atoms in total. The summed E-state index contributed by atoms with van der Waals surface area (Å²) in [4.78, 5) is 12.5. The molecule has 0 radical (unpaired) electrons.